The maximum Gasteiger partial charge on any atom is 0.387 e. The molecule has 0 unspecified atom stereocenters. The Morgan fingerprint density at radius 2 is 2.20 bits per heavy atom. The maximum absolute atomic E-state index is 12.0. The molecule has 1 aromatic rings. The second-order valence-electron chi connectivity index (χ2n) is 3.74. The van der Waals surface area contributed by atoms with Crippen LogP contribution in [-0.4, -0.2) is 6.61 Å². The first kappa shape index (κ1) is 10.4. The van der Waals surface area contributed by atoms with Gasteiger partial charge in [0.05, 0.1) is 0 Å². The molecule has 0 saturated carbocycles. The number of ether oxygens (including phenoxy) is 1. The molecule has 0 amide bonds. The molecule has 0 spiro atoms. The van der Waals surface area contributed by atoms with Crippen LogP contribution in [0, 0.1) is 0 Å². The summed E-state index contributed by atoms with van der Waals surface area (Å²) in [5.41, 5.74) is 8.00. The standard InChI is InChI=1S/C11H13F2NO/c12-11(13)15-8-4-5-9-7(6-8)2-1-3-10(9)14/h4-6,10-11H,1-3,14H2/t10-/m1/s1. The summed E-state index contributed by atoms with van der Waals surface area (Å²) in [6, 6.07) is 5.04. The molecule has 0 radical (unpaired) electrons. The minimum atomic E-state index is -2.76. The van der Waals surface area contributed by atoms with Crippen molar-refractivity contribution in [2.45, 2.75) is 31.9 Å². The Bertz CT molecular complexity index is 354. The van der Waals surface area contributed by atoms with Crippen molar-refractivity contribution in [1.82, 2.24) is 0 Å². The molecule has 15 heavy (non-hydrogen) atoms. The van der Waals surface area contributed by atoms with Crippen LogP contribution in [0.5, 0.6) is 5.75 Å². The number of nitrogens with two attached hydrogens (primary N) is 1. The zero-order valence-electron chi connectivity index (χ0n) is 8.25. The van der Waals surface area contributed by atoms with Gasteiger partial charge in [-0.3, -0.25) is 0 Å². The number of hydrogen-bond donors (Lipinski definition) is 1. The van der Waals surface area contributed by atoms with Crippen molar-refractivity contribution in [3.8, 4) is 5.75 Å². The second-order valence-corrected chi connectivity index (χ2v) is 3.74. The fraction of sp³-hybridized carbons (Fsp3) is 0.455. The van der Waals surface area contributed by atoms with Crippen LogP contribution in [0.4, 0.5) is 8.78 Å². The van der Waals surface area contributed by atoms with Crippen molar-refractivity contribution in [1.29, 1.82) is 0 Å². The van der Waals surface area contributed by atoms with Crippen LogP contribution in [0.15, 0.2) is 18.2 Å². The van der Waals surface area contributed by atoms with E-state index in [-0.39, 0.29) is 11.8 Å². The second kappa shape index (κ2) is 4.14. The van der Waals surface area contributed by atoms with Crippen LogP contribution in [0.1, 0.15) is 30.0 Å². The first-order valence-corrected chi connectivity index (χ1v) is 5.00. The Morgan fingerprint density at radius 1 is 1.40 bits per heavy atom. The highest BCUT2D eigenvalue weighted by molar-refractivity contribution is 5.38. The summed E-state index contributed by atoms with van der Waals surface area (Å²) < 4.78 is 28.3. The third kappa shape index (κ3) is 2.26. The van der Waals surface area contributed by atoms with Crippen LogP contribution in [0.3, 0.4) is 0 Å². The van der Waals surface area contributed by atoms with Crippen LogP contribution in [0.2, 0.25) is 0 Å². The molecule has 4 heteroatoms. The van der Waals surface area contributed by atoms with Gasteiger partial charge in [0.15, 0.2) is 0 Å². The molecule has 0 fully saturated rings. The number of alkyl halides is 2. The van der Waals surface area contributed by atoms with E-state index in [1.165, 1.54) is 0 Å². The Hall–Kier alpha value is -1.16. The molecule has 1 aliphatic rings. The first-order valence-electron chi connectivity index (χ1n) is 5.00. The van der Waals surface area contributed by atoms with Crippen molar-refractivity contribution in [3.63, 3.8) is 0 Å². The number of aryl methyl sites for hydroxylation is 1. The fourth-order valence-corrected chi connectivity index (χ4v) is 2.00. The van der Waals surface area contributed by atoms with E-state index in [0.717, 1.165) is 30.4 Å². The van der Waals surface area contributed by atoms with Crippen LogP contribution < -0.4 is 10.5 Å². The van der Waals surface area contributed by atoms with E-state index in [1.807, 2.05) is 0 Å². The molecule has 0 aliphatic heterocycles. The van der Waals surface area contributed by atoms with Gasteiger partial charge in [0.1, 0.15) is 5.75 Å². The zero-order chi connectivity index (χ0) is 10.8. The molecule has 0 bridgehead atoms. The van der Waals surface area contributed by atoms with Crippen LogP contribution in [0.25, 0.3) is 0 Å². The minimum absolute atomic E-state index is 0.0364. The van der Waals surface area contributed by atoms with Gasteiger partial charge in [0.2, 0.25) is 0 Å². The lowest BCUT2D eigenvalue weighted by atomic mass is 9.88. The summed E-state index contributed by atoms with van der Waals surface area (Å²) in [6.45, 7) is -2.76. The van der Waals surface area contributed by atoms with Gasteiger partial charge in [0, 0.05) is 6.04 Å². The van der Waals surface area contributed by atoms with Crippen LogP contribution in [-0.2, 0) is 6.42 Å². The quantitative estimate of drug-likeness (QED) is 0.819. The molecule has 2 rings (SSSR count). The largest absolute Gasteiger partial charge is 0.435 e. The van der Waals surface area contributed by atoms with E-state index in [9.17, 15) is 8.78 Å². The maximum atomic E-state index is 12.0. The summed E-state index contributed by atoms with van der Waals surface area (Å²) >= 11 is 0. The average Bonchev–Trinajstić information content (AvgIpc) is 2.17. The lowest BCUT2D eigenvalue weighted by molar-refractivity contribution is -0.0499. The summed E-state index contributed by atoms with van der Waals surface area (Å²) in [4.78, 5) is 0. The summed E-state index contributed by atoms with van der Waals surface area (Å²) in [5, 5.41) is 0. The molecule has 2 nitrogen and oxygen atoms in total. The fourth-order valence-electron chi connectivity index (χ4n) is 2.00. The number of rotatable bonds is 2. The third-order valence-corrected chi connectivity index (χ3v) is 2.70. The van der Waals surface area contributed by atoms with Crippen LogP contribution >= 0.6 is 0 Å². The van der Waals surface area contributed by atoms with E-state index >= 15 is 0 Å². The molecule has 0 heterocycles. The summed E-state index contributed by atoms with van der Waals surface area (Å²) in [5.74, 6) is 0.220. The topological polar surface area (TPSA) is 35.2 Å². The Balaban J connectivity index is 2.25. The van der Waals surface area contributed by atoms with E-state index in [1.54, 1.807) is 18.2 Å². The third-order valence-electron chi connectivity index (χ3n) is 2.70. The number of benzene rings is 1. The van der Waals surface area contributed by atoms with E-state index in [0.29, 0.717) is 0 Å². The van der Waals surface area contributed by atoms with Crippen molar-refractivity contribution < 1.29 is 13.5 Å². The monoisotopic (exact) mass is 213 g/mol. The minimum Gasteiger partial charge on any atom is -0.435 e. The molecule has 1 aromatic carbocycles. The highest BCUT2D eigenvalue weighted by atomic mass is 19.3. The molecule has 2 N–H and O–H groups in total. The van der Waals surface area contributed by atoms with Gasteiger partial charge in [-0.25, -0.2) is 0 Å². The van der Waals surface area contributed by atoms with Gasteiger partial charge in [-0.05, 0) is 42.5 Å². The SMILES string of the molecule is N[C@@H]1CCCc2cc(OC(F)F)ccc21. The lowest BCUT2D eigenvalue weighted by Crippen LogP contribution is -2.17. The van der Waals surface area contributed by atoms with Gasteiger partial charge in [0.25, 0.3) is 0 Å². The number of hydrogen-bond acceptors (Lipinski definition) is 2. The van der Waals surface area contributed by atoms with Crippen molar-refractivity contribution >= 4 is 0 Å². The summed E-state index contributed by atoms with van der Waals surface area (Å²) in [6.07, 6.45) is 2.86. The molecule has 0 saturated heterocycles. The highest BCUT2D eigenvalue weighted by Crippen LogP contribution is 2.30. The molecular formula is C11H13F2NO. The molecule has 1 atom stereocenters. The van der Waals surface area contributed by atoms with E-state index in [2.05, 4.69) is 4.74 Å². The zero-order valence-corrected chi connectivity index (χ0v) is 8.25. The van der Waals surface area contributed by atoms with Crippen molar-refractivity contribution in [2.75, 3.05) is 0 Å². The Morgan fingerprint density at radius 3 is 2.93 bits per heavy atom. The van der Waals surface area contributed by atoms with E-state index in [4.69, 9.17) is 5.73 Å². The smallest absolute Gasteiger partial charge is 0.387 e. The molecule has 82 valence electrons. The molecule has 0 aromatic heterocycles. The van der Waals surface area contributed by atoms with Gasteiger partial charge < -0.3 is 10.5 Å². The van der Waals surface area contributed by atoms with Gasteiger partial charge in [-0.2, -0.15) is 8.78 Å². The average molecular weight is 213 g/mol. The van der Waals surface area contributed by atoms with Gasteiger partial charge in [-0.1, -0.05) is 6.07 Å². The molecular weight excluding hydrogens is 200 g/mol. The predicted molar refractivity (Wildman–Crippen MR) is 52.9 cm³/mol. The Kier molecular flexibility index (Phi) is 2.86. The lowest BCUT2D eigenvalue weighted by Gasteiger charge is -2.22. The normalized spacial score (nSPS) is 20.1. The highest BCUT2D eigenvalue weighted by Gasteiger charge is 2.17. The first-order chi connectivity index (χ1) is 7.16. The predicted octanol–water partition coefficient (Wildman–Crippen LogP) is 2.62. The number of halogens is 2. The number of fused-ring (bicyclic) bond motifs is 1. The summed E-state index contributed by atoms with van der Waals surface area (Å²) in [7, 11) is 0. The van der Waals surface area contributed by atoms with Crippen molar-refractivity contribution in [3.05, 3.63) is 29.3 Å². The van der Waals surface area contributed by atoms with Gasteiger partial charge >= 0.3 is 6.61 Å². The van der Waals surface area contributed by atoms with Crippen molar-refractivity contribution in [2.24, 2.45) is 5.73 Å². The Labute approximate surface area is 87.0 Å². The molecule has 1 aliphatic carbocycles. The van der Waals surface area contributed by atoms with Gasteiger partial charge in [-0.15, -0.1) is 0 Å². The van der Waals surface area contributed by atoms with E-state index < -0.39 is 6.61 Å².